The van der Waals surface area contributed by atoms with Gasteiger partial charge in [-0.3, -0.25) is 4.57 Å². The average molecular weight is 502 g/mol. The van der Waals surface area contributed by atoms with E-state index >= 15 is 0 Å². The fourth-order valence-corrected chi connectivity index (χ4v) is 4.59. The highest BCUT2D eigenvalue weighted by Gasteiger charge is 2.21. The van der Waals surface area contributed by atoms with E-state index in [1.54, 1.807) is 40.5 Å². The number of para-hydroxylation sites is 1. The summed E-state index contributed by atoms with van der Waals surface area (Å²) in [7, 11) is 0. The van der Waals surface area contributed by atoms with E-state index in [2.05, 4.69) is 35.2 Å². The Bertz CT molecular complexity index is 1900. The third kappa shape index (κ3) is 3.71. The molecule has 0 aliphatic carbocycles. The second-order valence-electron chi connectivity index (χ2n) is 8.69. The fraction of sp³-hybridized carbons (Fsp3) is 0.0769. The van der Waals surface area contributed by atoms with Gasteiger partial charge in [-0.15, -0.1) is 5.10 Å². The number of imidazole rings is 3. The Labute approximate surface area is 214 Å². The van der Waals surface area contributed by atoms with Gasteiger partial charge < -0.3 is 9.13 Å². The van der Waals surface area contributed by atoms with E-state index in [0.29, 0.717) is 35.8 Å². The summed E-state index contributed by atoms with van der Waals surface area (Å²) in [6.07, 6.45) is 11.9. The van der Waals surface area contributed by atoms with Crippen molar-refractivity contribution >= 4 is 11.2 Å². The normalized spacial score (nSPS) is 11.5. The predicted molar refractivity (Wildman–Crippen MR) is 137 cm³/mol. The van der Waals surface area contributed by atoms with E-state index in [4.69, 9.17) is 0 Å². The summed E-state index contributed by atoms with van der Waals surface area (Å²) in [5.74, 6) is 0.429. The molecule has 0 saturated heterocycles. The maximum Gasteiger partial charge on any atom is 0.350 e. The van der Waals surface area contributed by atoms with Crippen molar-refractivity contribution in [1.82, 2.24) is 53.6 Å². The predicted octanol–water partition coefficient (Wildman–Crippen LogP) is 2.35. The second kappa shape index (κ2) is 8.85. The summed E-state index contributed by atoms with van der Waals surface area (Å²) in [4.78, 5) is 35.1. The van der Waals surface area contributed by atoms with Crippen molar-refractivity contribution < 1.29 is 0 Å². The van der Waals surface area contributed by atoms with Crippen LogP contribution in [0, 0.1) is 0 Å². The van der Waals surface area contributed by atoms with Gasteiger partial charge in [-0.2, -0.15) is 4.98 Å². The minimum atomic E-state index is -0.390. The SMILES string of the molecule is O=c1nc2c3ncn(Cc4ccccc4-n4ccnn4)c3ncnc-2n1Cc1cccc(-n2ccnc2)c1. The van der Waals surface area contributed by atoms with Crippen molar-refractivity contribution in [2.75, 3.05) is 0 Å². The molecule has 12 nitrogen and oxygen atoms in total. The number of benzene rings is 2. The molecule has 0 unspecified atom stereocenters. The molecule has 0 radical (unpaired) electrons. The van der Waals surface area contributed by atoms with Crippen molar-refractivity contribution in [2.24, 2.45) is 0 Å². The van der Waals surface area contributed by atoms with Crippen molar-refractivity contribution in [3.05, 3.63) is 114 Å². The molecule has 5 heterocycles. The third-order valence-electron chi connectivity index (χ3n) is 6.36. The molecule has 0 saturated carbocycles. The van der Waals surface area contributed by atoms with Crippen LogP contribution in [0.5, 0.6) is 0 Å². The molecule has 38 heavy (non-hydrogen) atoms. The Morgan fingerprint density at radius 2 is 1.82 bits per heavy atom. The minimum absolute atomic E-state index is 0.308. The summed E-state index contributed by atoms with van der Waals surface area (Å²) in [6, 6.07) is 15.8. The molecule has 0 spiro atoms. The van der Waals surface area contributed by atoms with Crippen LogP contribution in [0.4, 0.5) is 0 Å². The van der Waals surface area contributed by atoms with Crippen LogP contribution in [0.3, 0.4) is 0 Å². The first-order valence-corrected chi connectivity index (χ1v) is 11.8. The molecule has 184 valence electrons. The van der Waals surface area contributed by atoms with E-state index in [9.17, 15) is 4.79 Å². The molecule has 5 aromatic rings. The van der Waals surface area contributed by atoms with Crippen LogP contribution in [0.25, 0.3) is 34.1 Å². The smallest absolute Gasteiger partial charge is 0.311 e. The standard InChI is InChI=1S/C26H19N11O/c38-26-32-23-22-24(35(17-30-22)14-19-5-1-2-7-21(19)37-11-9-31-33-37)28-15-29-25(23)36(26)13-18-4-3-6-20(12-18)34-10-8-27-16-34/h1-12,15-17H,13-14H2. The Balaban J connectivity index is 1.25. The molecular formula is C26H19N11O. The largest absolute Gasteiger partial charge is 0.350 e. The average Bonchev–Trinajstić information content (AvgIpc) is 3.74. The van der Waals surface area contributed by atoms with Crippen molar-refractivity contribution in [1.29, 1.82) is 0 Å². The molecule has 7 rings (SSSR count). The first-order valence-electron chi connectivity index (χ1n) is 11.8. The Morgan fingerprint density at radius 3 is 2.68 bits per heavy atom. The van der Waals surface area contributed by atoms with Gasteiger partial charge in [0, 0.05) is 18.1 Å². The molecule has 2 aliphatic rings. The number of hydrogen-bond acceptors (Lipinski definition) is 8. The van der Waals surface area contributed by atoms with E-state index in [-0.39, 0.29) is 5.69 Å². The third-order valence-corrected chi connectivity index (χ3v) is 6.36. The maximum atomic E-state index is 13.0. The van der Waals surface area contributed by atoms with Gasteiger partial charge >= 0.3 is 5.69 Å². The monoisotopic (exact) mass is 501 g/mol. The minimum Gasteiger partial charge on any atom is -0.311 e. The molecule has 0 bridgehead atoms. The number of rotatable bonds is 6. The molecular weight excluding hydrogens is 482 g/mol. The van der Waals surface area contributed by atoms with Crippen LogP contribution in [-0.4, -0.2) is 53.6 Å². The van der Waals surface area contributed by atoms with Gasteiger partial charge in [0.1, 0.15) is 17.5 Å². The lowest BCUT2D eigenvalue weighted by molar-refractivity contribution is 0.756. The van der Waals surface area contributed by atoms with Gasteiger partial charge in [0.15, 0.2) is 11.5 Å². The van der Waals surface area contributed by atoms with Gasteiger partial charge in [-0.05, 0) is 29.3 Å². The van der Waals surface area contributed by atoms with E-state index in [1.165, 1.54) is 6.33 Å². The van der Waals surface area contributed by atoms with Crippen LogP contribution >= 0.6 is 0 Å². The van der Waals surface area contributed by atoms with Gasteiger partial charge in [0.05, 0.1) is 43.8 Å². The van der Waals surface area contributed by atoms with E-state index in [0.717, 1.165) is 22.5 Å². The van der Waals surface area contributed by atoms with Gasteiger partial charge in [-0.1, -0.05) is 35.5 Å². The zero-order chi connectivity index (χ0) is 25.5. The first kappa shape index (κ1) is 21.7. The zero-order valence-electron chi connectivity index (χ0n) is 19.9. The summed E-state index contributed by atoms with van der Waals surface area (Å²) in [5, 5.41) is 8.04. The van der Waals surface area contributed by atoms with Crippen LogP contribution in [0.1, 0.15) is 11.1 Å². The van der Waals surface area contributed by atoms with Crippen LogP contribution in [0.2, 0.25) is 0 Å². The van der Waals surface area contributed by atoms with Gasteiger partial charge in [0.25, 0.3) is 0 Å². The first-order chi connectivity index (χ1) is 18.7. The second-order valence-corrected chi connectivity index (χ2v) is 8.69. The molecule has 0 N–H and O–H groups in total. The topological polar surface area (TPSA) is 127 Å². The van der Waals surface area contributed by atoms with Crippen molar-refractivity contribution in [2.45, 2.75) is 13.1 Å². The molecule has 0 fully saturated rings. The van der Waals surface area contributed by atoms with Crippen molar-refractivity contribution in [3.8, 4) is 22.9 Å². The van der Waals surface area contributed by atoms with E-state index in [1.807, 2.05) is 63.9 Å². The molecule has 2 aliphatic heterocycles. The number of aromatic nitrogens is 11. The summed E-state index contributed by atoms with van der Waals surface area (Å²) in [5.41, 5.74) is 4.90. The highest BCUT2D eigenvalue weighted by molar-refractivity contribution is 5.85. The Kier molecular flexibility index (Phi) is 5.06. The number of nitrogens with zero attached hydrogens (tertiary/aromatic N) is 11. The molecule has 12 heteroatoms. The lowest BCUT2D eigenvalue weighted by Crippen LogP contribution is -2.17. The summed E-state index contributed by atoms with van der Waals surface area (Å²) in [6.45, 7) is 0.791. The van der Waals surface area contributed by atoms with E-state index < -0.39 is 0 Å². The van der Waals surface area contributed by atoms with Crippen LogP contribution in [0.15, 0.2) is 97.1 Å². The molecule has 2 aromatic carbocycles. The number of hydrogen-bond donors (Lipinski definition) is 0. The zero-order valence-corrected chi connectivity index (χ0v) is 19.9. The van der Waals surface area contributed by atoms with Gasteiger partial charge in [-0.25, -0.2) is 29.4 Å². The summed E-state index contributed by atoms with van der Waals surface area (Å²) >= 11 is 0. The quantitative estimate of drug-likeness (QED) is 0.340. The molecule has 3 aromatic heterocycles. The highest BCUT2D eigenvalue weighted by Crippen LogP contribution is 2.25. The lowest BCUT2D eigenvalue weighted by Gasteiger charge is -2.09. The van der Waals surface area contributed by atoms with Crippen molar-refractivity contribution in [3.63, 3.8) is 0 Å². The van der Waals surface area contributed by atoms with Crippen LogP contribution in [-0.2, 0) is 13.1 Å². The fourth-order valence-electron chi connectivity index (χ4n) is 4.59. The van der Waals surface area contributed by atoms with Crippen LogP contribution < -0.4 is 5.69 Å². The Hall–Kier alpha value is -5.52. The van der Waals surface area contributed by atoms with Gasteiger partial charge in [0.2, 0.25) is 0 Å². The molecule has 0 amide bonds. The summed E-state index contributed by atoms with van der Waals surface area (Å²) < 4.78 is 7.08. The maximum absolute atomic E-state index is 13.0. The highest BCUT2D eigenvalue weighted by atomic mass is 16.1. The number of fused-ring (bicyclic) bond motifs is 3. The lowest BCUT2D eigenvalue weighted by atomic mass is 10.2. The Morgan fingerprint density at radius 1 is 0.868 bits per heavy atom. The molecule has 0 atom stereocenters.